The van der Waals surface area contributed by atoms with Gasteiger partial charge in [0.25, 0.3) is 5.91 Å². The third-order valence-electron chi connectivity index (χ3n) is 4.98. The van der Waals surface area contributed by atoms with Crippen molar-refractivity contribution in [1.82, 2.24) is 15.4 Å². The normalized spacial score (nSPS) is 11.0. The lowest BCUT2D eigenvalue weighted by molar-refractivity contribution is 0.102. The van der Waals surface area contributed by atoms with E-state index in [1.165, 1.54) is 27.7 Å². The molecule has 0 unspecified atom stereocenters. The van der Waals surface area contributed by atoms with Crippen molar-refractivity contribution in [2.75, 3.05) is 5.32 Å². The molecular formula is C24H18N4O2S2. The number of carbonyl (C=O) groups excluding carboxylic acids is 1. The Balaban J connectivity index is 1.30. The number of hydrogen-bond acceptors (Lipinski definition) is 7. The zero-order chi connectivity index (χ0) is 21.9. The van der Waals surface area contributed by atoms with Gasteiger partial charge in [-0.05, 0) is 23.3 Å². The summed E-state index contributed by atoms with van der Waals surface area (Å²) in [6.45, 7) is 1.75. The lowest BCUT2D eigenvalue weighted by Gasteiger charge is -2.04. The van der Waals surface area contributed by atoms with Crippen LogP contribution in [-0.4, -0.2) is 21.3 Å². The minimum absolute atomic E-state index is 0.315. The summed E-state index contributed by atoms with van der Waals surface area (Å²) in [5.74, 6) is 0.896. The second-order valence-electron chi connectivity index (χ2n) is 7.09. The minimum atomic E-state index is -0.315. The van der Waals surface area contributed by atoms with Crippen molar-refractivity contribution < 1.29 is 9.32 Å². The van der Waals surface area contributed by atoms with E-state index < -0.39 is 0 Å². The van der Waals surface area contributed by atoms with E-state index in [9.17, 15) is 4.79 Å². The largest absolute Gasteiger partial charge is 0.355 e. The van der Waals surface area contributed by atoms with Crippen LogP contribution in [0.4, 0.5) is 5.13 Å². The van der Waals surface area contributed by atoms with Gasteiger partial charge in [-0.2, -0.15) is 0 Å². The number of aromatic nitrogens is 3. The van der Waals surface area contributed by atoms with E-state index in [4.69, 9.17) is 4.52 Å². The maximum Gasteiger partial charge on any atom is 0.263 e. The standard InChI is InChI=1S/C24H18N4O2S2/c1-15-20(21(30-28-15)17-9-3-2-4-10-17)22(29)25-23-26-27-24(32-23)31-14-18-12-7-11-16-8-5-6-13-19(16)18/h2-13H,14H2,1H3,(H,25,26,29). The van der Waals surface area contributed by atoms with Gasteiger partial charge >= 0.3 is 0 Å². The van der Waals surface area contributed by atoms with E-state index in [0.29, 0.717) is 22.1 Å². The number of nitrogens with zero attached hydrogens (tertiary/aromatic N) is 3. The van der Waals surface area contributed by atoms with E-state index >= 15 is 0 Å². The molecule has 5 rings (SSSR count). The third-order valence-corrected chi connectivity index (χ3v) is 7.00. The molecule has 0 radical (unpaired) electrons. The summed E-state index contributed by atoms with van der Waals surface area (Å²) in [7, 11) is 0. The number of aryl methyl sites for hydroxylation is 1. The molecule has 0 bridgehead atoms. The molecule has 0 aliphatic carbocycles. The van der Waals surface area contributed by atoms with Gasteiger partial charge in [0.2, 0.25) is 5.13 Å². The second kappa shape index (κ2) is 8.94. The Labute approximate surface area is 192 Å². The predicted molar refractivity (Wildman–Crippen MR) is 128 cm³/mol. The molecule has 2 aromatic heterocycles. The van der Waals surface area contributed by atoms with E-state index in [1.54, 1.807) is 18.7 Å². The fourth-order valence-corrected chi connectivity index (χ4v) is 5.21. The zero-order valence-electron chi connectivity index (χ0n) is 17.1. The van der Waals surface area contributed by atoms with Crippen molar-refractivity contribution in [2.24, 2.45) is 0 Å². The first-order valence-corrected chi connectivity index (χ1v) is 11.8. The SMILES string of the molecule is Cc1noc(-c2ccccc2)c1C(=O)Nc1nnc(SCc2cccc3ccccc23)s1. The maximum atomic E-state index is 12.9. The Morgan fingerprint density at radius 2 is 1.78 bits per heavy atom. The highest BCUT2D eigenvalue weighted by Crippen LogP contribution is 2.32. The number of benzene rings is 3. The summed E-state index contributed by atoms with van der Waals surface area (Å²) >= 11 is 2.95. The Morgan fingerprint density at radius 3 is 2.66 bits per heavy atom. The first-order chi connectivity index (χ1) is 15.7. The fraction of sp³-hybridized carbons (Fsp3) is 0.0833. The summed E-state index contributed by atoms with van der Waals surface area (Å²) in [4.78, 5) is 12.9. The van der Waals surface area contributed by atoms with E-state index in [1.807, 2.05) is 42.5 Å². The fourth-order valence-electron chi connectivity index (χ4n) is 3.46. The molecule has 0 saturated heterocycles. The maximum absolute atomic E-state index is 12.9. The van der Waals surface area contributed by atoms with Gasteiger partial charge in [-0.25, -0.2) is 0 Å². The lowest BCUT2D eigenvalue weighted by atomic mass is 10.1. The van der Waals surface area contributed by atoms with Crippen molar-refractivity contribution in [1.29, 1.82) is 0 Å². The molecule has 2 heterocycles. The van der Waals surface area contributed by atoms with Crippen molar-refractivity contribution in [3.63, 3.8) is 0 Å². The van der Waals surface area contributed by atoms with Crippen LogP contribution < -0.4 is 5.32 Å². The van der Waals surface area contributed by atoms with E-state index in [2.05, 4.69) is 51.0 Å². The molecule has 158 valence electrons. The molecule has 0 aliphatic rings. The van der Waals surface area contributed by atoms with Crippen LogP contribution >= 0.6 is 23.1 Å². The van der Waals surface area contributed by atoms with Crippen molar-refractivity contribution in [3.8, 4) is 11.3 Å². The number of thioether (sulfide) groups is 1. The van der Waals surface area contributed by atoms with Gasteiger partial charge in [-0.1, -0.05) is 101 Å². The van der Waals surface area contributed by atoms with Crippen LogP contribution in [0.25, 0.3) is 22.1 Å². The third kappa shape index (κ3) is 4.15. The van der Waals surface area contributed by atoms with Gasteiger partial charge in [0.15, 0.2) is 10.1 Å². The molecule has 0 saturated carbocycles. The smallest absolute Gasteiger partial charge is 0.263 e. The summed E-state index contributed by atoms with van der Waals surface area (Å²) < 4.78 is 6.21. The predicted octanol–water partition coefficient (Wildman–Crippen LogP) is 6.20. The van der Waals surface area contributed by atoms with Gasteiger partial charge in [0.05, 0.1) is 5.69 Å². The number of hydrogen-bond donors (Lipinski definition) is 1. The van der Waals surface area contributed by atoms with E-state index in [-0.39, 0.29) is 5.91 Å². The number of nitrogens with one attached hydrogen (secondary N) is 1. The van der Waals surface area contributed by atoms with Gasteiger partial charge in [0, 0.05) is 11.3 Å². The average molecular weight is 459 g/mol. The Kier molecular flexibility index (Phi) is 5.70. The summed E-state index contributed by atoms with van der Waals surface area (Å²) in [6, 6.07) is 24.1. The monoisotopic (exact) mass is 458 g/mol. The van der Waals surface area contributed by atoms with Crippen LogP contribution in [-0.2, 0) is 5.75 Å². The molecule has 5 aromatic rings. The molecule has 1 N–H and O–H groups in total. The topological polar surface area (TPSA) is 80.9 Å². The van der Waals surface area contributed by atoms with Crippen LogP contribution in [0.15, 0.2) is 81.7 Å². The van der Waals surface area contributed by atoms with Gasteiger partial charge in [0.1, 0.15) is 5.56 Å². The number of fused-ring (bicyclic) bond motifs is 1. The van der Waals surface area contributed by atoms with Crippen LogP contribution in [0, 0.1) is 6.92 Å². The molecular weight excluding hydrogens is 440 g/mol. The highest BCUT2D eigenvalue weighted by molar-refractivity contribution is 8.00. The van der Waals surface area contributed by atoms with Crippen molar-refractivity contribution >= 4 is 44.9 Å². The van der Waals surface area contributed by atoms with E-state index in [0.717, 1.165) is 15.7 Å². The van der Waals surface area contributed by atoms with Gasteiger partial charge in [-0.3, -0.25) is 10.1 Å². The quantitative estimate of drug-likeness (QED) is 0.241. The van der Waals surface area contributed by atoms with Crippen LogP contribution in [0.1, 0.15) is 21.6 Å². The zero-order valence-corrected chi connectivity index (χ0v) is 18.7. The molecule has 6 nitrogen and oxygen atoms in total. The molecule has 1 amide bonds. The average Bonchev–Trinajstić information content (AvgIpc) is 3.44. The highest BCUT2D eigenvalue weighted by atomic mass is 32.2. The summed E-state index contributed by atoms with van der Waals surface area (Å²) in [5.41, 5.74) is 2.95. The number of anilines is 1. The summed E-state index contributed by atoms with van der Waals surface area (Å²) in [5, 5.41) is 18.1. The first kappa shape index (κ1) is 20.4. The Bertz CT molecular complexity index is 1390. The Hall–Kier alpha value is -3.49. The molecule has 8 heteroatoms. The van der Waals surface area contributed by atoms with Gasteiger partial charge in [-0.15, -0.1) is 10.2 Å². The molecule has 0 aliphatic heterocycles. The van der Waals surface area contributed by atoms with Crippen LogP contribution in [0.5, 0.6) is 0 Å². The first-order valence-electron chi connectivity index (χ1n) is 9.95. The molecule has 0 atom stereocenters. The highest BCUT2D eigenvalue weighted by Gasteiger charge is 2.23. The molecule has 3 aromatic carbocycles. The number of amides is 1. The van der Waals surface area contributed by atoms with Crippen LogP contribution in [0.2, 0.25) is 0 Å². The van der Waals surface area contributed by atoms with Crippen molar-refractivity contribution in [2.45, 2.75) is 17.0 Å². The number of carbonyl (C=O) groups is 1. The lowest BCUT2D eigenvalue weighted by Crippen LogP contribution is -2.13. The molecule has 32 heavy (non-hydrogen) atoms. The van der Waals surface area contributed by atoms with Gasteiger partial charge < -0.3 is 4.52 Å². The molecule has 0 spiro atoms. The van der Waals surface area contributed by atoms with Crippen LogP contribution in [0.3, 0.4) is 0 Å². The Morgan fingerprint density at radius 1 is 1.00 bits per heavy atom. The number of rotatable bonds is 6. The van der Waals surface area contributed by atoms with Crippen molar-refractivity contribution in [3.05, 3.63) is 89.6 Å². The summed E-state index contributed by atoms with van der Waals surface area (Å²) in [6.07, 6.45) is 0. The molecule has 0 fully saturated rings. The minimum Gasteiger partial charge on any atom is -0.355 e. The second-order valence-corrected chi connectivity index (χ2v) is 9.29.